The fourth-order valence-electron chi connectivity index (χ4n) is 2.46. The molecule has 2 rings (SSSR count). The summed E-state index contributed by atoms with van der Waals surface area (Å²) in [7, 11) is 0. The highest BCUT2D eigenvalue weighted by Crippen LogP contribution is 2.23. The summed E-state index contributed by atoms with van der Waals surface area (Å²) >= 11 is 0. The number of amides is 1. The molecule has 1 unspecified atom stereocenters. The zero-order chi connectivity index (χ0) is 16.7. The molecule has 0 aliphatic heterocycles. The lowest BCUT2D eigenvalue weighted by Gasteiger charge is -2.22. The predicted octanol–water partition coefficient (Wildman–Crippen LogP) is 3.61. The molecule has 0 bridgehead atoms. The number of nitrogens with zero attached hydrogens (tertiary/aromatic N) is 3. The summed E-state index contributed by atoms with van der Waals surface area (Å²) < 4.78 is 0. The number of hydrogen-bond donors (Lipinski definition) is 0. The van der Waals surface area contributed by atoms with Gasteiger partial charge in [-0.05, 0) is 36.8 Å². The van der Waals surface area contributed by atoms with E-state index in [0.29, 0.717) is 17.7 Å². The van der Waals surface area contributed by atoms with Crippen LogP contribution in [0.4, 0.5) is 5.69 Å². The van der Waals surface area contributed by atoms with Gasteiger partial charge >= 0.3 is 0 Å². The molecular weight excluding hydrogens is 286 g/mol. The van der Waals surface area contributed by atoms with E-state index < -0.39 is 5.92 Å². The highest BCUT2D eigenvalue weighted by molar-refractivity contribution is 5.94. The van der Waals surface area contributed by atoms with E-state index in [4.69, 9.17) is 5.26 Å². The third-order valence-corrected chi connectivity index (χ3v) is 3.64. The summed E-state index contributed by atoms with van der Waals surface area (Å²) in [5.74, 6) is -0.666. The van der Waals surface area contributed by atoms with Gasteiger partial charge in [0.05, 0.1) is 23.6 Å². The van der Waals surface area contributed by atoms with Gasteiger partial charge < -0.3 is 4.90 Å². The van der Waals surface area contributed by atoms with Crippen LogP contribution >= 0.6 is 0 Å². The van der Waals surface area contributed by atoms with Crippen LogP contribution in [0.25, 0.3) is 0 Å². The summed E-state index contributed by atoms with van der Waals surface area (Å²) in [5.41, 5.74) is 2.01. The van der Waals surface area contributed by atoms with Crippen LogP contribution in [0.3, 0.4) is 0 Å². The highest BCUT2D eigenvalue weighted by atomic mass is 16.2. The van der Waals surface area contributed by atoms with Crippen LogP contribution in [-0.2, 0) is 4.79 Å². The molecule has 0 saturated heterocycles. The Balaban J connectivity index is 2.19. The molecule has 4 heteroatoms. The Morgan fingerprint density at radius 2 is 1.87 bits per heavy atom. The molecule has 0 aromatic heterocycles. The lowest BCUT2D eigenvalue weighted by molar-refractivity contribution is -0.118. The van der Waals surface area contributed by atoms with Gasteiger partial charge in [0.1, 0.15) is 0 Å². The Morgan fingerprint density at radius 1 is 1.13 bits per heavy atom. The molecule has 0 heterocycles. The molecule has 0 aliphatic carbocycles. The van der Waals surface area contributed by atoms with Gasteiger partial charge in [0, 0.05) is 18.7 Å². The molecule has 0 N–H and O–H groups in total. The Morgan fingerprint density at radius 3 is 2.48 bits per heavy atom. The maximum absolute atomic E-state index is 12.6. The van der Waals surface area contributed by atoms with Gasteiger partial charge in [0.25, 0.3) is 0 Å². The molecule has 2 aromatic carbocycles. The van der Waals surface area contributed by atoms with Crippen LogP contribution < -0.4 is 4.90 Å². The zero-order valence-electron chi connectivity index (χ0n) is 12.9. The van der Waals surface area contributed by atoms with E-state index in [2.05, 4.69) is 12.1 Å². The second kappa shape index (κ2) is 7.77. The first-order valence-corrected chi connectivity index (χ1v) is 7.44. The molecule has 4 nitrogen and oxygen atoms in total. The van der Waals surface area contributed by atoms with E-state index in [9.17, 15) is 10.1 Å². The van der Waals surface area contributed by atoms with Crippen LogP contribution in [0.1, 0.15) is 30.4 Å². The largest absolute Gasteiger partial charge is 0.313 e. The second-order valence-electron chi connectivity index (χ2n) is 5.10. The SMILES string of the molecule is CCN(C(=O)CC(C#N)c1cccc(C#N)c1)c1ccccc1. The summed E-state index contributed by atoms with van der Waals surface area (Å²) in [5, 5.41) is 18.4. The van der Waals surface area contributed by atoms with E-state index in [0.717, 1.165) is 5.69 Å². The van der Waals surface area contributed by atoms with E-state index >= 15 is 0 Å². The Labute approximate surface area is 136 Å². The fourth-order valence-corrected chi connectivity index (χ4v) is 2.46. The lowest BCUT2D eigenvalue weighted by Crippen LogP contribution is -2.31. The number of nitriles is 2. The quantitative estimate of drug-likeness (QED) is 0.847. The van der Waals surface area contributed by atoms with Crippen molar-refractivity contribution < 1.29 is 4.79 Å². The van der Waals surface area contributed by atoms with Gasteiger partial charge in [0.2, 0.25) is 5.91 Å². The normalized spacial score (nSPS) is 11.1. The van der Waals surface area contributed by atoms with Crippen LogP contribution in [0.15, 0.2) is 54.6 Å². The third kappa shape index (κ3) is 3.96. The minimum atomic E-state index is -0.562. The van der Waals surface area contributed by atoms with Crippen molar-refractivity contribution >= 4 is 11.6 Å². The van der Waals surface area contributed by atoms with Gasteiger partial charge in [-0.2, -0.15) is 10.5 Å². The summed E-state index contributed by atoms with van der Waals surface area (Å²) in [6.45, 7) is 2.45. The Bertz CT molecular complexity index is 756. The van der Waals surface area contributed by atoms with Crippen molar-refractivity contribution in [3.8, 4) is 12.1 Å². The second-order valence-corrected chi connectivity index (χ2v) is 5.10. The molecule has 0 radical (unpaired) electrons. The van der Waals surface area contributed by atoms with Crippen molar-refractivity contribution in [3.05, 3.63) is 65.7 Å². The van der Waals surface area contributed by atoms with Crippen LogP contribution in [-0.4, -0.2) is 12.5 Å². The van der Waals surface area contributed by atoms with Gasteiger partial charge in [-0.25, -0.2) is 0 Å². The number of para-hydroxylation sites is 1. The Hall–Kier alpha value is -3.11. The predicted molar refractivity (Wildman–Crippen MR) is 88.6 cm³/mol. The Kier molecular flexibility index (Phi) is 5.50. The standard InChI is InChI=1S/C19H17N3O/c1-2-22(18-9-4-3-5-10-18)19(23)12-17(14-21)16-8-6-7-15(11-16)13-20/h3-11,17H,2,12H2,1H3. The first kappa shape index (κ1) is 16.3. The van der Waals surface area contributed by atoms with Crippen molar-refractivity contribution in [2.45, 2.75) is 19.3 Å². The number of hydrogen-bond acceptors (Lipinski definition) is 3. The molecule has 1 atom stereocenters. The molecule has 0 saturated carbocycles. The number of rotatable bonds is 5. The monoisotopic (exact) mass is 303 g/mol. The number of benzene rings is 2. The van der Waals surface area contributed by atoms with E-state index in [1.54, 1.807) is 29.2 Å². The van der Waals surface area contributed by atoms with Crippen molar-refractivity contribution in [1.82, 2.24) is 0 Å². The molecule has 0 fully saturated rings. The fraction of sp³-hybridized carbons (Fsp3) is 0.211. The van der Waals surface area contributed by atoms with Crippen LogP contribution in [0.2, 0.25) is 0 Å². The maximum Gasteiger partial charge on any atom is 0.228 e. The first-order valence-electron chi connectivity index (χ1n) is 7.44. The van der Waals surface area contributed by atoms with Crippen LogP contribution in [0.5, 0.6) is 0 Å². The van der Waals surface area contributed by atoms with E-state index in [1.165, 1.54) is 0 Å². The van der Waals surface area contributed by atoms with Crippen molar-refractivity contribution in [1.29, 1.82) is 10.5 Å². The van der Waals surface area contributed by atoms with Gasteiger partial charge in [-0.15, -0.1) is 0 Å². The minimum Gasteiger partial charge on any atom is -0.313 e. The van der Waals surface area contributed by atoms with Crippen molar-refractivity contribution in [2.75, 3.05) is 11.4 Å². The van der Waals surface area contributed by atoms with Gasteiger partial charge in [-0.1, -0.05) is 30.3 Å². The zero-order valence-corrected chi connectivity index (χ0v) is 12.9. The molecule has 1 amide bonds. The molecule has 23 heavy (non-hydrogen) atoms. The third-order valence-electron chi connectivity index (χ3n) is 3.64. The maximum atomic E-state index is 12.6. The summed E-state index contributed by atoms with van der Waals surface area (Å²) in [6, 6.07) is 20.5. The first-order chi connectivity index (χ1) is 11.2. The number of carbonyl (C=O) groups is 1. The van der Waals surface area contributed by atoms with Crippen molar-refractivity contribution in [2.24, 2.45) is 0 Å². The van der Waals surface area contributed by atoms with E-state index in [1.807, 2.05) is 37.3 Å². The van der Waals surface area contributed by atoms with Gasteiger partial charge in [0.15, 0.2) is 0 Å². The van der Waals surface area contributed by atoms with Gasteiger partial charge in [-0.3, -0.25) is 4.79 Å². The van der Waals surface area contributed by atoms with Crippen LogP contribution in [0, 0.1) is 22.7 Å². The topological polar surface area (TPSA) is 67.9 Å². The van der Waals surface area contributed by atoms with Crippen molar-refractivity contribution in [3.63, 3.8) is 0 Å². The minimum absolute atomic E-state index is 0.0914. The number of carbonyl (C=O) groups excluding carboxylic acids is 1. The average molecular weight is 303 g/mol. The molecule has 0 aliphatic rings. The number of anilines is 1. The smallest absolute Gasteiger partial charge is 0.228 e. The van der Waals surface area contributed by atoms with E-state index in [-0.39, 0.29) is 12.3 Å². The molecule has 114 valence electrons. The highest BCUT2D eigenvalue weighted by Gasteiger charge is 2.20. The lowest BCUT2D eigenvalue weighted by atomic mass is 9.95. The average Bonchev–Trinajstić information content (AvgIpc) is 2.61. The molecule has 2 aromatic rings. The summed E-state index contributed by atoms with van der Waals surface area (Å²) in [6.07, 6.45) is 0.0914. The summed E-state index contributed by atoms with van der Waals surface area (Å²) in [4.78, 5) is 14.2. The molecule has 0 spiro atoms. The molecular formula is C19H17N3O.